The second-order valence-electron chi connectivity index (χ2n) is 10.3. The fourth-order valence-corrected chi connectivity index (χ4v) is 6.07. The van der Waals surface area contributed by atoms with Gasteiger partial charge in [0.05, 0.1) is 32.9 Å². The van der Waals surface area contributed by atoms with Gasteiger partial charge in [-0.25, -0.2) is 0 Å². The van der Waals surface area contributed by atoms with E-state index in [0.29, 0.717) is 18.0 Å². The van der Waals surface area contributed by atoms with Crippen molar-refractivity contribution in [3.8, 4) is 23.0 Å². The Bertz CT molecular complexity index is 1170. The van der Waals surface area contributed by atoms with Crippen molar-refractivity contribution in [1.29, 1.82) is 0 Å². The van der Waals surface area contributed by atoms with E-state index in [-0.39, 0.29) is 12.8 Å². The molecule has 0 aliphatic carbocycles. The van der Waals surface area contributed by atoms with Crippen molar-refractivity contribution < 1.29 is 48.6 Å². The van der Waals surface area contributed by atoms with Gasteiger partial charge in [0.1, 0.15) is 37.0 Å². The van der Waals surface area contributed by atoms with Gasteiger partial charge in [0, 0.05) is 18.4 Å². The van der Waals surface area contributed by atoms with Gasteiger partial charge in [0.25, 0.3) is 0 Å². The average Bonchev–Trinajstić information content (AvgIpc) is 3.34. The molecule has 2 aromatic carbocycles. The highest BCUT2D eigenvalue weighted by atomic mass is 16.7. The Morgan fingerprint density at radius 3 is 2.56 bits per heavy atom. The molecule has 194 valence electrons. The highest BCUT2D eigenvalue weighted by Crippen LogP contribution is 2.50. The summed E-state index contributed by atoms with van der Waals surface area (Å²) >= 11 is 0. The fourth-order valence-electron chi connectivity index (χ4n) is 6.07. The van der Waals surface area contributed by atoms with Crippen molar-refractivity contribution in [1.82, 2.24) is 0 Å². The number of ether oxygens (including phenoxy) is 5. The summed E-state index contributed by atoms with van der Waals surface area (Å²) in [4.78, 5) is 0. The predicted molar refractivity (Wildman–Crippen MR) is 125 cm³/mol. The molecule has 36 heavy (non-hydrogen) atoms. The van der Waals surface area contributed by atoms with E-state index in [0.717, 1.165) is 46.5 Å². The largest absolute Gasteiger partial charge is 0.493 e. The number of fused-ring (bicyclic) bond motifs is 5. The average molecular weight is 503 g/mol. The molecule has 0 bridgehead atoms. The van der Waals surface area contributed by atoms with E-state index in [4.69, 9.17) is 23.7 Å². The lowest BCUT2D eigenvalue weighted by molar-refractivity contribution is -0.956. The molecule has 4 aliphatic heterocycles. The van der Waals surface area contributed by atoms with Crippen LogP contribution in [0.15, 0.2) is 24.3 Å². The molecular formula is C26H32NO9+. The maximum atomic E-state index is 10.6. The summed E-state index contributed by atoms with van der Waals surface area (Å²) in [5.41, 5.74) is 4.61. The van der Waals surface area contributed by atoms with Crippen LogP contribution in [0.4, 0.5) is 0 Å². The van der Waals surface area contributed by atoms with Gasteiger partial charge in [0.15, 0.2) is 23.0 Å². The maximum absolute atomic E-state index is 10.6. The second-order valence-corrected chi connectivity index (χ2v) is 10.3. The van der Waals surface area contributed by atoms with Crippen molar-refractivity contribution in [2.24, 2.45) is 0 Å². The Hall–Kier alpha value is -2.60. The van der Waals surface area contributed by atoms with E-state index in [1.165, 1.54) is 11.1 Å². The number of likely N-dealkylation sites (N-methyl/N-ethyl adjacent to an activating group) is 1. The van der Waals surface area contributed by atoms with Gasteiger partial charge in [-0.2, -0.15) is 0 Å². The number of hydrogen-bond donors (Lipinski definition) is 4. The van der Waals surface area contributed by atoms with Crippen LogP contribution in [0.2, 0.25) is 0 Å². The number of rotatable bonds is 4. The molecule has 10 nitrogen and oxygen atoms in total. The van der Waals surface area contributed by atoms with Crippen LogP contribution < -0.4 is 18.9 Å². The highest BCUT2D eigenvalue weighted by Gasteiger charge is 2.48. The number of aliphatic hydroxyl groups is 4. The summed E-state index contributed by atoms with van der Waals surface area (Å²) in [6, 6.07) is 8.33. The SMILES string of the molecule is COc1ccc2c(c1O[C@@H]1O[C@H](CO)[C@@H](O)[C@H](O)[C@H]1O)C[N+]1(C)CCc3cc4c(cc3C1C2)OCO4. The first-order valence-electron chi connectivity index (χ1n) is 12.3. The number of aliphatic hydroxyl groups excluding tert-OH is 4. The van der Waals surface area contributed by atoms with Crippen LogP contribution in [0.3, 0.4) is 0 Å². The second kappa shape index (κ2) is 8.76. The molecular weight excluding hydrogens is 470 g/mol. The minimum Gasteiger partial charge on any atom is -0.493 e. The lowest BCUT2D eigenvalue weighted by atomic mass is 9.81. The monoisotopic (exact) mass is 502 g/mol. The van der Waals surface area contributed by atoms with Gasteiger partial charge < -0.3 is 48.6 Å². The van der Waals surface area contributed by atoms with E-state index in [2.05, 4.69) is 19.2 Å². The molecule has 4 heterocycles. The molecule has 0 aromatic heterocycles. The Kier molecular flexibility index (Phi) is 5.78. The molecule has 0 spiro atoms. The topological polar surface area (TPSA) is 127 Å². The minimum absolute atomic E-state index is 0.226. The van der Waals surface area contributed by atoms with E-state index in [1.807, 2.05) is 12.1 Å². The Labute approximate surface area is 208 Å². The zero-order chi connectivity index (χ0) is 25.2. The van der Waals surface area contributed by atoms with Crippen LogP contribution in [0.25, 0.3) is 0 Å². The van der Waals surface area contributed by atoms with E-state index >= 15 is 0 Å². The van der Waals surface area contributed by atoms with Crippen LogP contribution in [0.5, 0.6) is 23.0 Å². The zero-order valence-electron chi connectivity index (χ0n) is 20.3. The lowest BCUT2D eigenvalue weighted by Crippen LogP contribution is -2.60. The van der Waals surface area contributed by atoms with Gasteiger partial charge in [-0.1, -0.05) is 6.07 Å². The van der Waals surface area contributed by atoms with E-state index < -0.39 is 37.3 Å². The Balaban J connectivity index is 1.36. The van der Waals surface area contributed by atoms with Crippen LogP contribution in [0.1, 0.15) is 28.3 Å². The molecule has 6 rings (SSSR count). The van der Waals surface area contributed by atoms with Crippen LogP contribution in [-0.4, -0.2) is 89.7 Å². The first-order chi connectivity index (χ1) is 17.3. The molecule has 0 saturated carbocycles. The molecule has 0 amide bonds. The summed E-state index contributed by atoms with van der Waals surface area (Å²) in [5, 5.41) is 40.5. The Morgan fingerprint density at radius 2 is 1.81 bits per heavy atom. The normalized spacial score (nSPS) is 34.4. The van der Waals surface area contributed by atoms with Crippen molar-refractivity contribution >= 4 is 0 Å². The number of hydrogen-bond acceptors (Lipinski definition) is 9. The number of nitrogens with zero attached hydrogens (tertiary/aromatic N) is 1. The van der Waals surface area contributed by atoms with Crippen LogP contribution in [-0.2, 0) is 24.1 Å². The maximum Gasteiger partial charge on any atom is 0.231 e. The first kappa shape index (κ1) is 23.8. The fraction of sp³-hybridized carbons (Fsp3) is 0.538. The van der Waals surface area contributed by atoms with Crippen molar-refractivity contribution in [2.75, 3.05) is 34.1 Å². The third-order valence-electron chi connectivity index (χ3n) is 8.19. The first-order valence-corrected chi connectivity index (χ1v) is 12.3. The molecule has 2 aromatic rings. The van der Waals surface area contributed by atoms with Gasteiger partial charge in [-0.15, -0.1) is 0 Å². The third kappa shape index (κ3) is 3.63. The standard InChI is InChI=1S/C26H32NO9/c1-27-6-5-14-8-19-20(34-12-33-19)9-15(14)17(27)7-13-3-4-18(32-2)25(16(13)10-27)36-26-24(31)23(30)22(29)21(11-28)35-26/h3-4,8-9,17,21-24,26,28-31H,5-7,10-12H2,1-2H3/q+1/t17?,21-,22-,23+,24-,26+,27?/m1/s1. The summed E-state index contributed by atoms with van der Waals surface area (Å²) in [5.74, 6) is 2.51. The molecule has 4 aliphatic rings. The lowest BCUT2D eigenvalue weighted by Gasteiger charge is -2.49. The predicted octanol–water partition coefficient (Wildman–Crippen LogP) is 0.403. The summed E-state index contributed by atoms with van der Waals surface area (Å²) < 4.78 is 29.4. The van der Waals surface area contributed by atoms with Gasteiger partial charge in [-0.05, 0) is 29.3 Å². The van der Waals surface area contributed by atoms with Crippen molar-refractivity contribution in [2.45, 2.75) is 56.1 Å². The quantitative estimate of drug-likeness (QED) is 0.440. The number of quaternary nitrogens is 1. The highest BCUT2D eigenvalue weighted by molar-refractivity contribution is 5.54. The van der Waals surface area contributed by atoms with E-state index in [9.17, 15) is 20.4 Å². The van der Waals surface area contributed by atoms with Gasteiger partial charge >= 0.3 is 0 Å². The van der Waals surface area contributed by atoms with Gasteiger partial charge in [0.2, 0.25) is 13.1 Å². The van der Waals surface area contributed by atoms with Crippen LogP contribution >= 0.6 is 0 Å². The van der Waals surface area contributed by atoms with E-state index in [1.54, 1.807) is 7.11 Å². The van der Waals surface area contributed by atoms with Gasteiger partial charge in [-0.3, -0.25) is 0 Å². The summed E-state index contributed by atoms with van der Waals surface area (Å²) in [6.45, 7) is 1.31. The van der Waals surface area contributed by atoms with Crippen molar-refractivity contribution in [3.05, 3.63) is 46.5 Å². The summed E-state index contributed by atoms with van der Waals surface area (Å²) in [6.07, 6.45) is -5.15. The Morgan fingerprint density at radius 1 is 1.03 bits per heavy atom. The number of benzene rings is 2. The molecule has 7 atom stereocenters. The molecule has 0 radical (unpaired) electrons. The molecule has 2 unspecified atom stereocenters. The molecule has 1 saturated heterocycles. The third-order valence-corrected chi connectivity index (χ3v) is 8.19. The van der Waals surface area contributed by atoms with Crippen LogP contribution in [0, 0.1) is 0 Å². The minimum atomic E-state index is -1.52. The molecule has 1 fully saturated rings. The molecule has 10 heteroatoms. The van der Waals surface area contributed by atoms with Crippen molar-refractivity contribution in [3.63, 3.8) is 0 Å². The summed E-state index contributed by atoms with van der Waals surface area (Å²) in [7, 11) is 3.78. The smallest absolute Gasteiger partial charge is 0.231 e. The molecule has 4 N–H and O–H groups in total. The number of methoxy groups -OCH3 is 1. The zero-order valence-corrected chi connectivity index (χ0v) is 20.3.